The van der Waals surface area contributed by atoms with Gasteiger partial charge in [-0.2, -0.15) is 0 Å². The Balaban J connectivity index is 0.00000484. The summed E-state index contributed by atoms with van der Waals surface area (Å²) in [5.74, 6) is -0.0678. The van der Waals surface area contributed by atoms with Crippen molar-refractivity contribution in [1.82, 2.24) is 10.6 Å². The third-order valence-corrected chi connectivity index (χ3v) is 3.38. The second-order valence-corrected chi connectivity index (χ2v) is 5.33. The number of aryl methyl sites for hydroxylation is 2. The van der Waals surface area contributed by atoms with Crippen LogP contribution in [0.15, 0.2) is 18.2 Å². The number of benzene rings is 1. The zero-order chi connectivity index (χ0) is 16.4. The van der Waals surface area contributed by atoms with Gasteiger partial charge in [0.1, 0.15) is 0 Å². The van der Waals surface area contributed by atoms with E-state index in [1.807, 2.05) is 32.0 Å². The predicted molar refractivity (Wildman–Crippen MR) is 94.5 cm³/mol. The summed E-state index contributed by atoms with van der Waals surface area (Å²) >= 11 is 0. The number of halogens is 1. The van der Waals surface area contributed by atoms with Crippen molar-refractivity contribution in [1.29, 1.82) is 0 Å². The Morgan fingerprint density at radius 2 is 1.83 bits per heavy atom. The van der Waals surface area contributed by atoms with E-state index in [1.165, 1.54) is 0 Å². The fraction of sp³-hybridized carbons (Fsp3) is 0.529. The lowest BCUT2D eigenvalue weighted by atomic mass is 9.99. The Morgan fingerprint density at radius 1 is 1.09 bits per heavy atom. The standard InChI is InChI=1S/C17H26N2O3.ClH/c1-13-4-5-14(2)15(12-13)16(20)6-7-17(21)19-9-8-18-10-11-22-3;/h4-5,12,18H,6-11H2,1-3H3,(H,19,21);1H. The van der Waals surface area contributed by atoms with Gasteiger partial charge < -0.3 is 15.4 Å². The molecule has 0 heterocycles. The zero-order valence-corrected chi connectivity index (χ0v) is 14.9. The van der Waals surface area contributed by atoms with Crippen LogP contribution in [0, 0.1) is 13.8 Å². The van der Waals surface area contributed by atoms with Crippen molar-refractivity contribution in [2.24, 2.45) is 0 Å². The van der Waals surface area contributed by atoms with E-state index in [1.54, 1.807) is 7.11 Å². The highest BCUT2D eigenvalue weighted by atomic mass is 35.5. The van der Waals surface area contributed by atoms with Crippen LogP contribution in [0.5, 0.6) is 0 Å². The zero-order valence-electron chi connectivity index (χ0n) is 14.1. The number of ketones is 1. The molecule has 1 rings (SSSR count). The number of rotatable bonds is 10. The third-order valence-electron chi connectivity index (χ3n) is 3.38. The predicted octanol–water partition coefficient (Wildman–Crippen LogP) is 2.04. The summed E-state index contributed by atoms with van der Waals surface area (Å²) in [5, 5.41) is 5.94. The molecule has 1 aromatic rings. The van der Waals surface area contributed by atoms with Gasteiger partial charge in [-0.25, -0.2) is 0 Å². The van der Waals surface area contributed by atoms with E-state index in [9.17, 15) is 9.59 Å². The molecule has 0 unspecified atom stereocenters. The van der Waals surface area contributed by atoms with Crippen LogP contribution in [-0.2, 0) is 9.53 Å². The number of carbonyl (C=O) groups excluding carboxylic acids is 2. The molecule has 1 aromatic carbocycles. The average Bonchev–Trinajstić information content (AvgIpc) is 2.50. The number of ether oxygens (including phenoxy) is 1. The lowest BCUT2D eigenvalue weighted by Crippen LogP contribution is -2.33. The van der Waals surface area contributed by atoms with Crippen molar-refractivity contribution < 1.29 is 14.3 Å². The smallest absolute Gasteiger partial charge is 0.220 e. The van der Waals surface area contributed by atoms with Gasteiger partial charge in [0.15, 0.2) is 5.78 Å². The van der Waals surface area contributed by atoms with E-state index in [2.05, 4.69) is 10.6 Å². The van der Waals surface area contributed by atoms with Gasteiger partial charge in [-0.1, -0.05) is 17.7 Å². The Morgan fingerprint density at radius 3 is 2.52 bits per heavy atom. The van der Waals surface area contributed by atoms with Gasteiger partial charge in [-0.15, -0.1) is 12.4 Å². The van der Waals surface area contributed by atoms with E-state index in [4.69, 9.17) is 4.74 Å². The minimum Gasteiger partial charge on any atom is -0.383 e. The summed E-state index contributed by atoms with van der Waals surface area (Å²) < 4.78 is 4.91. The summed E-state index contributed by atoms with van der Waals surface area (Å²) in [6.45, 7) is 6.54. The summed E-state index contributed by atoms with van der Waals surface area (Å²) in [6.07, 6.45) is 0.470. The molecule has 0 radical (unpaired) electrons. The Hall–Kier alpha value is -1.43. The maximum absolute atomic E-state index is 12.2. The molecule has 1 amide bonds. The highest BCUT2D eigenvalue weighted by molar-refractivity contribution is 5.99. The van der Waals surface area contributed by atoms with Crippen LogP contribution in [0.4, 0.5) is 0 Å². The first-order valence-corrected chi connectivity index (χ1v) is 7.61. The number of Topliss-reactive ketones (excluding diaryl/α,β-unsaturated/α-hetero) is 1. The molecule has 0 aliphatic carbocycles. The Bertz CT molecular complexity index is 507. The minimum atomic E-state index is -0.0906. The lowest BCUT2D eigenvalue weighted by Gasteiger charge is -2.08. The number of nitrogens with one attached hydrogen (secondary N) is 2. The molecule has 0 aliphatic heterocycles. The monoisotopic (exact) mass is 342 g/mol. The minimum absolute atomic E-state index is 0. The van der Waals surface area contributed by atoms with Crippen LogP contribution in [0.3, 0.4) is 0 Å². The van der Waals surface area contributed by atoms with Gasteiger partial charge in [0.05, 0.1) is 6.61 Å². The molecule has 0 atom stereocenters. The first-order chi connectivity index (χ1) is 10.5. The van der Waals surface area contributed by atoms with Crippen molar-refractivity contribution in [3.05, 3.63) is 34.9 Å². The first kappa shape index (κ1) is 21.6. The molecule has 2 N–H and O–H groups in total. The maximum Gasteiger partial charge on any atom is 0.220 e. The number of hydrogen-bond donors (Lipinski definition) is 2. The van der Waals surface area contributed by atoms with Crippen molar-refractivity contribution >= 4 is 24.1 Å². The SMILES string of the molecule is COCCNCCNC(=O)CCC(=O)c1cc(C)ccc1C.Cl. The van der Waals surface area contributed by atoms with Crippen LogP contribution in [0.2, 0.25) is 0 Å². The van der Waals surface area contributed by atoms with Gasteiger partial charge in [-0.05, 0) is 25.5 Å². The summed E-state index contributed by atoms with van der Waals surface area (Å²) in [7, 11) is 1.65. The second-order valence-electron chi connectivity index (χ2n) is 5.33. The third kappa shape index (κ3) is 8.69. The maximum atomic E-state index is 12.2. The summed E-state index contributed by atoms with van der Waals surface area (Å²) in [6, 6.07) is 5.80. The quantitative estimate of drug-likeness (QED) is 0.504. The largest absolute Gasteiger partial charge is 0.383 e. The number of amides is 1. The van der Waals surface area contributed by atoms with Gasteiger partial charge in [0, 0.05) is 45.1 Å². The number of hydrogen-bond acceptors (Lipinski definition) is 4. The summed E-state index contributed by atoms with van der Waals surface area (Å²) in [4.78, 5) is 23.9. The average molecular weight is 343 g/mol. The normalized spacial score (nSPS) is 10.0. The Labute approximate surface area is 144 Å². The van der Waals surface area contributed by atoms with E-state index < -0.39 is 0 Å². The number of carbonyl (C=O) groups is 2. The molecule has 5 nitrogen and oxygen atoms in total. The molecular weight excluding hydrogens is 316 g/mol. The summed E-state index contributed by atoms with van der Waals surface area (Å²) in [5.41, 5.74) is 2.73. The molecule has 23 heavy (non-hydrogen) atoms. The van der Waals surface area contributed by atoms with Gasteiger partial charge in [0.25, 0.3) is 0 Å². The molecular formula is C17H27ClN2O3. The van der Waals surface area contributed by atoms with Crippen LogP contribution in [-0.4, -0.2) is 45.0 Å². The van der Waals surface area contributed by atoms with Crippen LogP contribution in [0.1, 0.15) is 34.3 Å². The van der Waals surface area contributed by atoms with Crippen molar-refractivity contribution in [2.75, 3.05) is 33.4 Å². The lowest BCUT2D eigenvalue weighted by molar-refractivity contribution is -0.121. The second kappa shape index (κ2) is 12.0. The van der Waals surface area contributed by atoms with E-state index in [0.29, 0.717) is 25.3 Å². The highest BCUT2D eigenvalue weighted by Crippen LogP contribution is 2.13. The molecule has 0 aromatic heterocycles. The first-order valence-electron chi connectivity index (χ1n) is 7.61. The van der Waals surface area contributed by atoms with Crippen LogP contribution < -0.4 is 10.6 Å². The fourth-order valence-electron chi connectivity index (χ4n) is 2.08. The molecule has 0 fully saturated rings. The van der Waals surface area contributed by atoms with Gasteiger partial charge in [-0.3, -0.25) is 9.59 Å². The van der Waals surface area contributed by atoms with Crippen molar-refractivity contribution in [3.63, 3.8) is 0 Å². The van der Waals surface area contributed by atoms with E-state index in [-0.39, 0.29) is 36.9 Å². The van der Waals surface area contributed by atoms with Crippen molar-refractivity contribution in [3.8, 4) is 0 Å². The molecule has 0 bridgehead atoms. The topological polar surface area (TPSA) is 67.4 Å². The van der Waals surface area contributed by atoms with E-state index in [0.717, 1.165) is 17.7 Å². The van der Waals surface area contributed by atoms with Gasteiger partial charge >= 0.3 is 0 Å². The molecule has 6 heteroatoms. The van der Waals surface area contributed by atoms with E-state index >= 15 is 0 Å². The molecule has 130 valence electrons. The molecule has 0 saturated heterocycles. The van der Waals surface area contributed by atoms with Gasteiger partial charge in [0.2, 0.25) is 5.91 Å². The molecule has 0 spiro atoms. The Kier molecular flexibility index (Phi) is 11.3. The number of methoxy groups -OCH3 is 1. The van der Waals surface area contributed by atoms with Crippen molar-refractivity contribution in [2.45, 2.75) is 26.7 Å². The fourth-order valence-corrected chi connectivity index (χ4v) is 2.08. The van der Waals surface area contributed by atoms with Crippen LogP contribution >= 0.6 is 12.4 Å². The molecule has 0 aliphatic rings. The van der Waals surface area contributed by atoms with Crippen LogP contribution in [0.25, 0.3) is 0 Å². The highest BCUT2D eigenvalue weighted by Gasteiger charge is 2.11. The molecule has 0 saturated carbocycles.